The molecule has 0 amide bonds. The van der Waals surface area contributed by atoms with Crippen LogP contribution in [-0.4, -0.2) is 46.6 Å². The average molecular weight is 396 g/mol. The topological polar surface area (TPSA) is 117 Å². The summed E-state index contributed by atoms with van der Waals surface area (Å²) in [7, 11) is -1.41. The molecule has 0 spiro atoms. The van der Waals surface area contributed by atoms with Crippen LogP contribution in [0, 0.1) is 0 Å². The smallest absolute Gasteiger partial charge is 0.330 e. The van der Waals surface area contributed by atoms with Crippen LogP contribution in [-0.2, 0) is 41.8 Å². The fourth-order valence-corrected chi connectivity index (χ4v) is 4.95. The summed E-state index contributed by atoms with van der Waals surface area (Å²) in [6.45, 7) is 1.42. The minimum atomic E-state index is -4.07. The molecule has 2 aliphatic rings. The number of aromatic nitrogens is 3. The van der Waals surface area contributed by atoms with E-state index in [9.17, 15) is 18.0 Å². The molecule has 4 heterocycles. The molecule has 1 saturated heterocycles. The van der Waals surface area contributed by atoms with Crippen LogP contribution >= 0.6 is 0 Å². The first-order chi connectivity index (χ1) is 12.8. The number of sulfonamides is 1. The van der Waals surface area contributed by atoms with E-state index in [-0.39, 0.29) is 19.0 Å². The van der Waals surface area contributed by atoms with E-state index in [4.69, 9.17) is 9.15 Å². The summed E-state index contributed by atoms with van der Waals surface area (Å²) in [5, 5.41) is 0. The first-order valence-electron chi connectivity index (χ1n) is 8.62. The Morgan fingerprint density at radius 3 is 2.74 bits per heavy atom. The van der Waals surface area contributed by atoms with Gasteiger partial charge in [0.25, 0.3) is 5.56 Å². The minimum absolute atomic E-state index is 0.0285. The molecule has 1 atom stereocenters. The highest BCUT2D eigenvalue weighted by atomic mass is 32.2. The van der Waals surface area contributed by atoms with E-state index in [0.29, 0.717) is 37.0 Å². The van der Waals surface area contributed by atoms with E-state index in [0.717, 1.165) is 21.8 Å². The third-order valence-electron chi connectivity index (χ3n) is 5.02. The van der Waals surface area contributed by atoms with Crippen LogP contribution in [0.15, 0.2) is 25.1 Å². The molecule has 27 heavy (non-hydrogen) atoms. The Balaban J connectivity index is 1.67. The summed E-state index contributed by atoms with van der Waals surface area (Å²) in [4.78, 5) is 28.2. The second-order valence-electron chi connectivity index (χ2n) is 6.82. The predicted octanol–water partition coefficient (Wildman–Crippen LogP) is -0.677. The van der Waals surface area contributed by atoms with Crippen LogP contribution in [0.4, 0.5) is 0 Å². The molecule has 0 N–H and O–H groups in total. The number of hydrogen-bond acceptors (Lipinski definition) is 7. The number of nitrogens with zero attached hydrogens (tertiary/aromatic N) is 4. The first kappa shape index (κ1) is 18.1. The normalized spacial score (nSPS) is 20.7. The van der Waals surface area contributed by atoms with Gasteiger partial charge in [0, 0.05) is 39.9 Å². The van der Waals surface area contributed by atoms with Crippen molar-refractivity contribution in [1.82, 2.24) is 18.4 Å². The number of rotatable bonds is 3. The van der Waals surface area contributed by atoms with Gasteiger partial charge in [-0.1, -0.05) is 0 Å². The van der Waals surface area contributed by atoms with Crippen molar-refractivity contribution < 1.29 is 17.6 Å². The number of fused-ring (bicyclic) bond motifs is 1. The Morgan fingerprint density at radius 1 is 1.26 bits per heavy atom. The van der Waals surface area contributed by atoms with Crippen molar-refractivity contribution in [2.75, 3.05) is 19.8 Å². The fraction of sp³-hybridized carbons (Fsp3) is 0.562. The van der Waals surface area contributed by atoms with E-state index in [2.05, 4.69) is 4.98 Å². The first-order valence-corrected chi connectivity index (χ1v) is 10.1. The van der Waals surface area contributed by atoms with Crippen LogP contribution in [0.3, 0.4) is 0 Å². The summed E-state index contributed by atoms with van der Waals surface area (Å²) in [6, 6.07) is 0. The second kappa shape index (κ2) is 6.43. The predicted molar refractivity (Wildman–Crippen MR) is 92.9 cm³/mol. The van der Waals surface area contributed by atoms with E-state index in [1.54, 1.807) is 0 Å². The van der Waals surface area contributed by atoms with Gasteiger partial charge in [-0.25, -0.2) is 18.2 Å². The van der Waals surface area contributed by atoms with Crippen molar-refractivity contribution in [3.05, 3.63) is 44.4 Å². The Labute approximate surface area is 155 Å². The van der Waals surface area contributed by atoms with Crippen molar-refractivity contribution in [2.45, 2.75) is 30.2 Å². The summed E-state index contributed by atoms with van der Waals surface area (Å²) in [6.07, 6.45) is 2.27. The molecule has 2 aliphatic heterocycles. The highest BCUT2D eigenvalue weighted by molar-refractivity contribution is 7.89. The van der Waals surface area contributed by atoms with E-state index < -0.39 is 26.2 Å². The number of hydrogen-bond donors (Lipinski definition) is 0. The molecule has 0 bridgehead atoms. The maximum Gasteiger partial charge on any atom is 0.330 e. The van der Waals surface area contributed by atoms with Gasteiger partial charge in [0.15, 0.2) is 10.8 Å². The van der Waals surface area contributed by atoms with E-state index in [1.165, 1.54) is 18.4 Å². The van der Waals surface area contributed by atoms with Crippen LogP contribution in [0.5, 0.6) is 0 Å². The quantitative estimate of drug-likeness (QED) is 0.675. The highest BCUT2D eigenvalue weighted by Crippen LogP contribution is 2.30. The average Bonchev–Trinajstić information content (AvgIpc) is 3.31. The van der Waals surface area contributed by atoms with Crippen molar-refractivity contribution >= 4 is 10.0 Å². The zero-order chi connectivity index (χ0) is 19.3. The fourth-order valence-electron chi connectivity index (χ4n) is 3.39. The molecule has 0 radical (unpaired) electrons. The zero-order valence-electron chi connectivity index (χ0n) is 15.0. The Kier molecular flexibility index (Phi) is 4.32. The van der Waals surface area contributed by atoms with Gasteiger partial charge >= 0.3 is 5.69 Å². The van der Waals surface area contributed by atoms with Gasteiger partial charge in [0.1, 0.15) is 5.76 Å². The Bertz CT molecular complexity index is 1110. The third-order valence-corrected chi connectivity index (χ3v) is 6.85. The summed E-state index contributed by atoms with van der Waals surface area (Å²) < 4.78 is 40.3. The van der Waals surface area contributed by atoms with E-state index >= 15 is 0 Å². The third kappa shape index (κ3) is 2.95. The largest absolute Gasteiger partial charge is 0.445 e. The minimum Gasteiger partial charge on any atom is -0.445 e. The van der Waals surface area contributed by atoms with Gasteiger partial charge < -0.3 is 13.7 Å². The number of oxazole rings is 1. The molecule has 10 nitrogen and oxygen atoms in total. The molecule has 2 aromatic heterocycles. The molecule has 0 aliphatic carbocycles. The van der Waals surface area contributed by atoms with Crippen LogP contribution in [0.2, 0.25) is 0 Å². The Morgan fingerprint density at radius 2 is 2.04 bits per heavy atom. The van der Waals surface area contributed by atoms with Crippen LogP contribution in [0.25, 0.3) is 0 Å². The van der Waals surface area contributed by atoms with Crippen LogP contribution in [0.1, 0.15) is 29.7 Å². The molecular weight excluding hydrogens is 376 g/mol. The van der Waals surface area contributed by atoms with E-state index in [1.807, 2.05) is 0 Å². The monoisotopic (exact) mass is 396 g/mol. The molecule has 4 rings (SSSR count). The van der Waals surface area contributed by atoms with Gasteiger partial charge in [0.2, 0.25) is 10.0 Å². The number of ether oxygens (including phenoxy) is 1. The number of aryl methyl sites for hydroxylation is 1. The molecule has 0 aromatic carbocycles. The molecular formula is C16H20N4O6S. The maximum absolute atomic E-state index is 13.0. The maximum atomic E-state index is 13.0. The molecule has 1 fully saturated rings. The highest BCUT2D eigenvalue weighted by Gasteiger charge is 2.35. The van der Waals surface area contributed by atoms with Crippen molar-refractivity contribution in [3.8, 4) is 0 Å². The molecule has 11 heteroatoms. The van der Waals surface area contributed by atoms with Gasteiger partial charge in [-0.2, -0.15) is 4.31 Å². The standard InChI is InChI=1S/C16H20N4O6S/c1-18-8-13(15(21)19(2)16(18)22)27(23,24)20-5-3-12-11(7-20)17-14(26-12)10-4-6-25-9-10/h8,10H,3-7,9H2,1-2H3. The lowest BCUT2D eigenvalue weighted by Gasteiger charge is -2.24. The lowest BCUT2D eigenvalue weighted by atomic mass is 10.1. The van der Waals surface area contributed by atoms with Gasteiger partial charge in [0.05, 0.1) is 24.8 Å². The summed E-state index contributed by atoms with van der Waals surface area (Å²) in [5.74, 6) is 1.35. The molecule has 0 saturated carbocycles. The molecule has 146 valence electrons. The van der Waals surface area contributed by atoms with Gasteiger partial charge in [-0.05, 0) is 6.42 Å². The Hall–Kier alpha value is -2.24. The molecule has 2 aromatic rings. The van der Waals surface area contributed by atoms with Gasteiger partial charge in [-0.15, -0.1) is 0 Å². The summed E-state index contributed by atoms with van der Waals surface area (Å²) in [5.41, 5.74) is -0.860. The SMILES string of the molecule is Cn1cc(S(=O)(=O)N2CCc3oc(C4CCOC4)nc3C2)c(=O)n(C)c1=O. The molecule has 1 unspecified atom stereocenters. The van der Waals surface area contributed by atoms with Crippen molar-refractivity contribution in [3.63, 3.8) is 0 Å². The van der Waals surface area contributed by atoms with Gasteiger partial charge in [-0.3, -0.25) is 9.36 Å². The lowest BCUT2D eigenvalue weighted by molar-refractivity contribution is 0.190. The second-order valence-corrected chi connectivity index (χ2v) is 8.73. The lowest BCUT2D eigenvalue weighted by Crippen LogP contribution is -2.43. The summed E-state index contributed by atoms with van der Waals surface area (Å²) >= 11 is 0. The van der Waals surface area contributed by atoms with Crippen LogP contribution < -0.4 is 11.2 Å². The zero-order valence-corrected chi connectivity index (χ0v) is 15.9. The van der Waals surface area contributed by atoms with Crippen molar-refractivity contribution in [2.24, 2.45) is 14.1 Å². The van der Waals surface area contributed by atoms with Crippen molar-refractivity contribution in [1.29, 1.82) is 0 Å².